The Balaban J connectivity index is 0.00000968. The fraction of sp³-hybridized carbons (Fsp3) is 0.311. The van der Waals surface area contributed by atoms with Crippen LogP contribution in [0, 0.1) is 6.07 Å². The summed E-state index contributed by atoms with van der Waals surface area (Å²) >= 11 is 0. The Morgan fingerprint density at radius 1 is 0.591 bits per heavy atom. The maximum Gasteiger partial charge on any atom is 0.148 e. The molecule has 4 nitrogen and oxygen atoms in total. The van der Waals surface area contributed by atoms with Crippen molar-refractivity contribution in [2.24, 2.45) is 0 Å². The van der Waals surface area contributed by atoms with Gasteiger partial charge in [-0.25, -0.2) is 4.98 Å². The van der Waals surface area contributed by atoms with Crippen molar-refractivity contribution < 1.29 is 48.1 Å². The van der Waals surface area contributed by atoms with Crippen molar-refractivity contribution in [1.29, 1.82) is 0 Å². The molecule has 0 saturated heterocycles. The van der Waals surface area contributed by atoms with Crippen LogP contribution < -0.4 is 0 Å². The molecule has 0 radical (unpaired) electrons. The van der Waals surface area contributed by atoms with E-state index in [-0.39, 0.29) is 32.4 Å². The SMILES string of the molecule is [2H]C(C)(C)c1ccc(-c2ccnc(-c3[c-]c(-c4cccc5c4nc(-c4cc(C(C)(C([2H])([2H])[2H])C([2H])([2H])[2H])cc(C(C([2H])([2H])[2H])(C([2H])([2H])[2H])C([2H])([2H])[2H])c4O)n5-c4ccc(C(C)(C)C)cc4-c4ccccc4)cc(C(C)(C)C)c3)c2)cc1.[Pt]. The molecule has 2 aromatic heterocycles. The number of phenols is 1. The molecule has 0 fully saturated rings. The van der Waals surface area contributed by atoms with Crippen LogP contribution in [0.1, 0.15) is 152 Å². The van der Waals surface area contributed by atoms with E-state index in [1.54, 1.807) is 22.9 Å². The van der Waals surface area contributed by atoms with E-state index in [0.717, 1.165) is 46.4 Å². The predicted octanol–water partition coefficient (Wildman–Crippen LogP) is 16.6. The summed E-state index contributed by atoms with van der Waals surface area (Å²) in [5.41, 5.74) is -1.08. The molecule has 66 heavy (non-hydrogen) atoms. The number of imidazole rings is 1. The van der Waals surface area contributed by atoms with Crippen molar-refractivity contribution in [3.05, 3.63) is 167 Å². The molecule has 6 aromatic carbocycles. The van der Waals surface area contributed by atoms with Crippen LogP contribution in [-0.2, 0) is 42.7 Å². The van der Waals surface area contributed by atoms with Crippen molar-refractivity contribution >= 4 is 11.0 Å². The molecule has 0 saturated carbocycles. The Morgan fingerprint density at radius 2 is 1.24 bits per heavy atom. The molecule has 0 spiro atoms. The number of hydrogen-bond donors (Lipinski definition) is 1. The zero-order valence-electron chi connectivity index (χ0n) is 54.8. The third-order valence-electron chi connectivity index (χ3n) is 12.1. The molecule has 0 atom stereocenters. The molecule has 342 valence electrons. The van der Waals surface area contributed by atoms with Crippen LogP contribution in [-0.4, -0.2) is 19.6 Å². The van der Waals surface area contributed by atoms with Gasteiger partial charge in [0.1, 0.15) is 11.6 Å². The average Bonchev–Trinajstić information content (AvgIpc) is 1.80. The number of aromatic hydroxyl groups is 1. The molecule has 0 bridgehead atoms. The molecular weight excluding hydrogens is 986 g/mol. The van der Waals surface area contributed by atoms with E-state index < -0.39 is 84.3 Å². The Morgan fingerprint density at radius 3 is 1.89 bits per heavy atom. The molecule has 8 rings (SSSR count). The quantitative estimate of drug-likeness (QED) is 0.162. The van der Waals surface area contributed by atoms with Gasteiger partial charge >= 0.3 is 0 Å². The molecule has 5 heteroatoms. The minimum Gasteiger partial charge on any atom is -0.507 e. The fourth-order valence-electron chi connectivity index (χ4n) is 8.21. The summed E-state index contributed by atoms with van der Waals surface area (Å²) in [5, 5.41) is 13.0. The molecule has 2 heterocycles. The Bertz CT molecular complexity index is 3620. The van der Waals surface area contributed by atoms with Crippen LogP contribution in [0.2, 0.25) is 0 Å². The van der Waals surface area contributed by atoms with Crippen LogP contribution in [0.3, 0.4) is 0 Å². The van der Waals surface area contributed by atoms with Gasteiger partial charge in [-0.05, 0) is 91.3 Å². The first-order valence-electron chi connectivity index (χ1n) is 29.8. The monoisotopic (exact) mass is 1070 g/mol. The summed E-state index contributed by atoms with van der Waals surface area (Å²) in [4.78, 5) is 10.1. The second-order valence-corrected chi connectivity index (χ2v) is 19.5. The van der Waals surface area contributed by atoms with Crippen molar-refractivity contribution in [1.82, 2.24) is 14.5 Å². The Hall–Kier alpha value is -5.57. The maximum atomic E-state index is 13.0. The predicted molar refractivity (Wildman–Crippen MR) is 275 cm³/mol. The number of aromatic nitrogens is 3. The number of rotatable bonds is 7. The third kappa shape index (κ3) is 9.63. The number of fused-ring (bicyclic) bond motifs is 1. The largest absolute Gasteiger partial charge is 0.507 e. The molecule has 8 aromatic rings. The number of para-hydroxylation sites is 1. The minimum atomic E-state index is -3.98. The van der Waals surface area contributed by atoms with Crippen LogP contribution in [0.5, 0.6) is 5.75 Å². The topological polar surface area (TPSA) is 50.9 Å². The van der Waals surface area contributed by atoms with Gasteiger partial charge in [0, 0.05) is 66.0 Å². The third-order valence-corrected chi connectivity index (χ3v) is 12.1. The molecule has 0 aliphatic heterocycles. The van der Waals surface area contributed by atoms with Gasteiger partial charge in [-0.2, -0.15) is 0 Å². The molecule has 0 unspecified atom stereocenters. The van der Waals surface area contributed by atoms with E-state index in [1.165, 1.54) is 0 Å². The first-order valence-corrected chi connectivity index (χ1v) is 21.8. The summed E-state index contributed by atoms with van der Waals surface area (Å²) in [6, 6.07) is 41.4. The van der Waals surface area contributed by atoms with E-state index in [9.17, 15) is 5.11 Å². The molecule has 0 amide bonds. The van der Waals surface area contributed by atoms with Crippen LogP contribution >= 0.6 is 0 Å². The Kier molecular flexibility index (Phi) is 8.52. The van der Waals surface area contributed by atoms with Gasteiger partial charge < -0.3 is 5.11 Å². The zero-order valence-corrected chi connectivity index (χ0v) is 41.1. The van der Waals surface area contributed by atoms with Crippen molar-refractivity contribution in [3.63, 3.8) is 0 Å². The standard InChI is InChI=1S/C61H66N3O.Pt/c1-38(2)39-23-25-40(26-24-39)42-29-30-62-52(34-42)44-31-43(32-46(33-44)59(6,7)8)48-21-18-22-54-55(48)63-57(50-36-47(60(9,10)11)37-51(56(50)65)61(12,13)14)64(54)53-28-27-45(58(3,4)5)35-49(53)41-19-16-15-17-20-41;/h15-30,32-38,65H,1-14H3;/q-1;/i9D3,10D3,12D3,13D3,14D3,38D;. The zero-order chi connectivity index (χ0) is 60.2. The van der Waals surface area contributed by atoms with Crippen LogP contribution in [0.4, 0.5) is 0 Å². The maximum absolute atomic E-state index is 13.0. The van der Waals surface area contributed by atoms with Gasteiger partial charge in [0.05, 0.1) is 22.3 Å². The van der Waals surface area contributed by atoms with Crippen LogP contribution in [0.15, 0.2) is 134 Å². The fourth-order valence-corrected chi connectivity index (χ4v) is 8.21. The summed E-state index contributed by atoms with van der Waals surface area (Å²) in [6.07, 6.45) is 1.71. The van der Waals surface area contributed by atoms with E-state index in [0.29, 0.717) is 45.2 Å². The summed E-state index contributed by atoms with van der Waals surface area (Å²) in [5.74, 6) is -2.21. The minimum absolute atomic E-state index is 0. The molecule has 0 aliphatic rings. The van der Waals surface area contributed by atoms with E-state index in [2.05, 4.69) is 26.8 Å². The first kappa shape index (κ1) is 31.4. The van der Waals surface area contributed by atoms with Crippen molar-refractivity contribution in [2.45, 2.75) is 124 Å². The second kappa shape index (κ2) is 17.9. The molecule has 0 aliphatic carbocycles. The first-order chi connectivity index (χ1) is 37.0. The van der Waals surface area contributed by atoms with Gasteiger partial charge in [0.2, 0.25) is 0 Å². The van der Waals surface area contributed by atoms with E-state index >= 15 is 0 Å². The van der Waals surface area contributed by atoms with Crippen molar-refractivity contribution in [2.75, 3.05) is 0 Å². The van der Waals surface area contributed by atoms with E-state index in [1.807, 2.05) is 138 Å². The van der Waals surface area contributed by atoms with Crippen LogP contribution in [0.25, 0.3) is 72.7 Å². The summed E-state index contributed by atoms with van der Waals surface area (Å²) in [7, 11) is 0. The average molecular weight is 1070 g/mol. The number of phenolic OH excluding ortho intramolecular Hbond substituents is 1. The van der Waals surface area contributed by atoms with Gasteiger partial charge in [0.15, 0.2) is 0 Å². The molecular formula is C61H66N3OPt-. The Labute approximate surface area is 431 Å². The summed E-state index contributed by atoms with van der Waals surface area (Å²) in [6.45, 7) is -1.93. The smallest absolute Gasteiger partial charge is 0.148 e. The second-order valence-electron chi connectivity index (χ2n) is 19.5. The number of benzene rings is 6. The normalized spacial score (nSPS) is 17.2. The van der Waals surface area contributed by atoms with E-state index in [4.69, 9.17) is 31.9 Å². The summed E-state index contributed by atoms with van der Waals surface area (Å²) < 4.78 is 142. The van der Waals surface area contributed by atoms with Gasteiger partial charge in [-0.15, -0.1) is 29.3 Å². The van der Waals surface area contributed by atoms with Gasteiger partial charge in [-0.1, -0.05) is 193 Å². The number of nitrogens with zero attached hydrogens (tertiary/aromatic N) is 3. The molecule has 1 N–H and O–H groups in total. The van der Waals surface area contributed by atoms with Crippen molar-refractivity contribution in [3.8, 4) is 67.5 Å². The number of pyridine rings is 1. The van der Waals surface area contributed by atoms with Gasteiger partial charge in [-0.3, -0.25) is 9.55 Å². The number of hydrogen-bond acceptors (Lipinski definition) is 3. The van der Waals surface area contributed by atoms with Gasteiger partial charge in [0.25, 0.3) is 0 Å².